The Balaban J connectivity index is 4.19. The molecule has 0 heterocycles. The van der Waals surface area contributed by atoms with Gasteiger partial charge in [-0.05, 0) is 82.0 Å². The van der Waals surface area contributed by atoms with E-state index < -0.39 is 0 Å². The molecule has 0 bridgehead atoms. The number of hydrogen-bond acceptors (Lipinski definition) is 2. The van der Waals surface area contributed by atoms with Crippen molar-refractivity contribution in [1.82, 2.24) is 0 Å². The van der Waals surface area contributed by atoms with Crippen LogP contribution in [0.5, 0.6) is 0 Å². The first-order valence-corrected chi connectivity index (χ1v) is 20.5. The quantitative estimate of drug-likeness (QED) is 0.0529. The minimum absolute atomic E-state index is 0.221. The Morgan fingerprint density at radius 1 is 0.468 bits per heavy atom. The summed E-state index contributed by atoms with van der Waals surface area (Å²) in [6, 6.07) is 0. The molecule has 2 nitrogen and oxygen atoms in total. The Hall–Kier alpha value is -0.860. The minimum Gasteiger partial charge on any atom is -0.348 e. The van der Waals surface area contributed by atoms with Crippen LogP contribution >= 0.6 is 0 Å². The number of hydrogen-bond donors (Lipinski definition) is 0. The molecule has 0 amide bonds. The summed E-state index contributed by atoms with van der Waals surface area (Å²) in [6.45, 7) is 31.1. The summed E-state index contributed by atoms with van der Waals surface area (Å²) >= 11 is 0. The van der Waals surface area contributed by atoms with E-state index in [1.54, 1.807) is 0 Å². The SMILES string of the molecule is C=C(C)CC(OC/C=C(\C)CCCC(C)CCCC(C)CCCC(C)C)OC/C=C(\C)CCCC(C)CCCC(C)CCCC(C)C. The van der Waals surface area contributed by atoms with Crippen molar-refractivity contribution in [3.8, 4) is 0 Å². The van der Waals surface area contributed by atoms with Gasteiger partial charge in [-0.25, -0.2) is 0 Å². The molecule has 0 aromatic carbocycles. The van der Waals surface area contributed by atoms with Crippen LogP contribution < -0.4 is 0 Å². The summed E-state index contributed by atoms with van der Waals surface area (Å²) in [5.74, 6) is 5.14. The van der Waals surface area contributed by atoms with Crippen molar-refractivity contribution < 1.29 is 9.47 Å². The van der Waals surface area contributed by atoms with Crippen LogP contribution in [0.3, 0.4) is 0 Å². The topological polar surface area (TPSA) is 18.5 Å². The average Bonchev–Trinajstić information content (AvgIpc) is 2.96. The lowest BCUT2D eigenvalue weighted by Gasteiger charge is -2.18. The highest BCUT2D eigenvalue weighted by Crippen LogP contribution is 2.24. The van der Waals surface area contributed by atoms with Crippen molar-refractivity contribution in [3.05, 3.63) is 35.5 Å². The van der Waals surface area contributed by atoms with Crippen LogP contribution in [-0.4, -0.2) is 19.5 Å². The second kappa shape index (κ2) is 30.0. The number of rotatable bonds is 32. The normalized spacial score (nSPS) is 16.1. The standard InChI is InChI=1S/C45H86O2/c1-36(2)19-13-21-39(7)23-15-25-41(9)27-17-29-43(11)31-33-46-45(35-38(5)6)47-34-32-44(12)30-18-28-42(10)26-16-24-40(8)22-14-20-37(3)4/h31-32,36-37,39-42,45H,5,13-30,33-35H2,1-4,6-12H3/b43-31+,44-32+. The van der Waals surface area contributed by atoms with Gasteiger partial charge in [0.1, 0.15) is 0 Å². The van der Waals surface area contributed by atoms with E-state index in [4.69, 9.17) is 9.47 Å². The molecule has 0 aromatic rings. The van der Waals surface area contributed by atoms with Gasteiger partial charge in [-0.1, -0.05) is 181 Å². The van der Waals surface area contributed by atoms with Crippen molar-refractivity contribution in [2.24, 2.45) is 35.5 Å². The summed E-state index contributed by atoms with van der Waals surface area (Å²) < 4.78 is 12.3. The van der Waals surface area contributed by atoms with Crippen molar-refractivity contribution >= 4 is 0 Å². The highest BCUT2D eigenvalue weighted by Gasteiger charge is 2.11. The largest absolute Gasteiger partial charge is 0.348 e. The Kier molecular flexibility index (Phi) is 29.5. The Bertz CT molecular complexity index is 732. The first-order valence-electron chi connectivity index (χ1n) is 20.5. The van der Waals surface area contributed by atoms with Gasteiger partial charge in [-0.15, -0.1) is 0 Å². The van der Waals surface area contributed by atoms with Gasteiger partial charge in [0.05, 0.1) is 13.2 Å². The Morgan fingerprint density at radius 2 is 0.766 bits per heavy atom. The van der Waals surface area contributed by atoms with Gasteiger partial charge >= 0.3 is 0 Å². The van der Waals surface area contributed by atoms with Crippen LogP contribution in [-0.2, 0) is 9.47 Å². The van der Waals surface area contributed by atoms with E-state index >= 15 is 0 Å². The van der Waals surface area contributed by atoms with Gasteiger partial charge in [0.15, 0.2) is 6.29 Å². The van der Waals surface area contributed by atoms with E-state index in [0.29, 0.717) is 13.2 Å². The molecule has 0 N–H and O–H groups in total. The fourth-order valence-electron chi connectivity index (χ4n) is 6.66. The highest BCUT2D eigenvalue weighted by atomic mass is 16.7. The second-order valence-corrected chi connectivity index (χ2v) is 17.1. The zero-order valence-electron chi connectivity index (χ0n) is 34.1. The van der Waals surface area contributed by atoms with Gasteiger partial charge in [0, 0.05) is 6.42 Å². The molecule has 0 spiro atoms. The molecule has 0 aliphatic rings. The third-order valence-corrected chi connectivity index (χ3v) is 10.2. The molecule has 0 rings (SSSR count). The third kappa shape index (κ3) is 32.1. The van der Waals surface area contributed by atoms with Crippen molar-refractivity contribution in [1.29, 1.82) is 0 Å². The van der Waals surface area contributed by atoms with Gasteiger partial charge in [-0.3, -0.25) is 0 Å². The van der Waals surface area contributed by atoms with Crippen LogP contribution in [0.15, 0.2) is 35.5 Å². The molecule has 278 valence electrons. The van der Waals surface area contributed by atoms with Crippen LogP contribution in [0.2, 0.25) is 0 Å². The van der Waals surface area contributed by atoms with Gasteiger partial charge in [0.2, 0.25) is 0 Å². The molecular formula is C45H86O2. The number of allylic oxidation sites excluding steroid dienone is 2. The smallest absolute Gasteiger partial charge is 0.162 e. The summed E-state index contributed by atoms with van der Waals surface area (Å²) in [5, 5.41) is 0. The summed E-state index contributed by atoms with van der Waals surface area (Å²) in [4.78, 5) is 0. The molecule has 0 aliphatic carbocycles. The predicted molar refractivity (Wildman–Crippen MR) is 212 cm³/mol. The first kappa shape index (κ1) is 46.1. The molecule has 0 saturated heterocycles. The van der Waals surface area contributed by atoms with Gasteiger partial charge in [-0.2, -0.15) is 0 Å². The molecule has 0 saturated carbocycles. The van der Waals surface area contributed by atoms with Crippen LogP contribution in [0, 0.1) is 35.5 Å². The lowest BCUT2D eigenvalue weighted by Crippen LogP contribution is -2.18. The highest BCUT2D eigenvalue weighted by molar-refractivity contribution is 4.99. The van der Waals surface area contributed by atoms with Crippen LogP contribution in [0.4, 0.5) is 0 Å². The average molecular weight is 659 g/mol. The van der Waals surface area contributed by atoms with Crippen molar-refractivity contribution in [2.75, 3.05) is 13.2 Å². The first-order chi connectivity index (χ1) is 22.3. The van der Waals surface area contributed by atoms with Crippen LogP contribution in [0.1, 0.15) is 198 Å². The zero-order chi connectivity index (χ0) is 35.5. The predicted octanol–water partition coefficient (Wildman–Crippen LogP) is 15.1. The fourth-order valence-corrected chi connectivity index (χ4v) is 6.66. The molecule has 0 aromatic heterocycles. The lowest BCUT2D eigenvalue weighted by atomic mass is 9.91. The third-order valence-electron chi connectivity index (χ3n) is 10.2. The molecule has 47 heavy (non-hydrogen) atoms. The van der Waals surface area contributed by atoms with E-state index in [1.807, 2.05) is 0 Å². The zero-order valence-corrected chi connectivity index (χ0v) is 34.1. The Labute approximate surface area is 297 Å². The van der Waals surface area contributed by atoms with E-state index in [0.717, 1.165) is 47.5 Å². The molecule has 0 radical (unpaired) electrons. The maximum Gasteiger partial charge on any atom is 0.162 e. The summed E-state index contributed by atoms with van der Waals surface area (Å²) in [5.41, 5.74) is 3.98. The van der Waals surface area contributed by atoms with Crippen LogP contribution in [0.25, 0.3) is 0 Å². The van der Waals surface area contributed by atoms with E-state index in [9.17, 15) is 0 Å². The van der Waals surface area contributed by atoms with Crippen molar-refractivity contribution in [2.45, 2.75) is 204 Å². The second-order valence-electron chi connectivity index (χ2n) is 17.1. The summed E-state index contributed by atoms with van der Waals surface area (Å²) in [7, 11) is 0. The molecule has 4 unspecified atom stereocenters. The van der Waals surface area contributed by atoms with Crippen molar-refractivity contribution in [3.63, 3.8) is 0 Å². The lowest BCUT2D eigenvalue weighted by molar-refractivity contribution is -0.125. The Morgan fingerprint density at radius 3 is 1.06 bits per heavy atom. The van der Waals surface area contributed by atoms with Gasteiger partial charge < -0.3 is 9.47 Å². The molecule has 0 aliphatic heterocycles. The molecule has 2 heteroatoms. The maximum atomic E-state index is 6.16. The molecule has 4 atom stereocenters. The maximum absolute atomic E-state index is 6.16. The van der Waals surface area contributed by atoms with Gasteiger partial charge in [0.25, 0.3) is 0 Å². The van der Waals surface area contributed by atoms with E-state index in [-0.39, 0.29) is 6.29 Å². The van der Waals surface area contributed by atoms with E-state index in [2.05, 4.69) is 94.9 Å². The monoisotopic (exact) mass is 659 g/mol. The number of ether oxygens (including phenoxy) is 2. The van der Waals surface area contributed by atoms with E-state index in [1.165, 1.54) is 127 Å². The fraction of sp³-hybridized carbons (Fsp3) is 0.867. The minimum atomic E-state index is -0.221. The summed E-state index contributed by atoms with van der Waals surface area (Å²) in [6.07, 6.45) is 29.3. The molecule has 0 fully saturated rings. The molecular weight excluding hydrogens is 572 g/mol.